The van der Waals surface area contributed by atoms with E-state index in [0.29, 0.717) is 6.04 Å². The van der Waals surface area contributed by atoms with E-state index in [2.05, 4.69) is 33.9 Å². The molecule has 0 unspecified atom stereocenters. The predicted molar refractivity (Wildman–Crippen MR) is 74.2 cm³/mol. The summed E-state index contributed by atoms with van der Waals surface area (Å²) in [6.07, 6.45) is 8.93. The van der Waals surface area contributed by atoms with Gasteiger partial charge in [-0.3, -0.25) is 4.90 Å². The first kappa shape index (κ1) is 13.3. The highest BCUT2D eigenvalue weighted by Crippen LogP contribution is 2.31. The van der Waals surface area contributed by atoms with Crippen molar-refractivity contribution in [2.75, 3.05) is 13.1 Å². The Hall–Kier alpha value is -1.69. The Morgan fingerprint density at radius 3 is 3.15 bits per heavy atom. The molecule has 108 valence electrons. The molecule has 0 aliphatic carbocycles. The number of hydrogen-bond acceptors (Lipinski definition) is 5. The highest BCUT2D eigenvalue weighted by Gasteiger charge is 2.30. The molecule has 0 radical (unpaired) electrons. The lowest BCUT2D eigenvalue weighted by Crippen LogP contribution is -2.24. The summed E-state index contributed by atoms with van der Waals surface area (Å²) in [5.41, 5.74) is 0. The van der Waals surface area contributed by atoms with Crippen LogP contribution in [-0.4, -0.2) is 37.7 Å². The molecule has 2 aromatic heterocycles. The minimum absolute atomic E-state index is 0.0519. The van der Waals surface area contributed by atoms with E-state index in [1.54, 1.807) is 12.5 Å². The zero-order chi connectivity index (χ0) is 13.9. The summed E-state index contributed by atoms with van der Waals surface area (Å²) in [6, 6.07) is 0.349. The first-order valence-corrected chi connectivity index (χ1v) is 7.34. The molecule has 1 aliphatic heterocycles. The van der Waals surface area contributed by atoms with E-state index in [1.165, 1.54) is 6.42 Å². The first-order chi connectivity index (χ1) is 9.79. The summed E-state index contributed by atoms with van der Waals surface area (Å²) in [4.78, 5) is 11.1. The van der Waals surface area contributed by atoms with Gasteiger partial charge in [-0.15, -0.1) is 0 Å². The van der Waals surface area contributed by atoms with E-state index in [9.17, 15) is 0 Å². The Labute approximate surface area is 118 Å². The molecule has 0 N–H and O–H groups in total. The van der Waals surface area contributed by atoms with Crippen LogP contribution < -0.4 is 0 Å². The molecule has 0 bridgehead atoms. The molecule has 2 aromatic rings. The van der Waals surface area contributed by atoms with Gasteiger partial charge >= 0.3 is 0 Å². The molecule has 1 saturated heterocycles. The van der Waals surface area contributed by atoms with Crippen LogP contribution in [-0.2, 0) is 0 Å². The summed E-state index contributed by atoms with van der Waals surface area (Å²) in [7, 11) is 0. The monoisotopic (exact) mass is 275 g/mol. The SMILES string of the molecule is CCCN1CCC[C@H]1c1nc([C@H](C)n2ccnc2)no1. The van der Waals surface area contributed by atoms with Crippen molar-refractivity contribution in [1.29, 1.82) is 0 Å². The zero-order valence-electron chi connectivity index (χ0n) is 12.1. The Balaban J connectivity index is 1.76. The van der Waals surface area contributed by atoms with Gasteiger partial charge in [0.1, 0.15) is 0 Å². The topological polar surface area (TPSA) is 60.0 Å². The van der Waals surface area contributed by atoms with Gasteiger partial charge in [-0.1, -0.05) is 12.1 Å². The molecule has 0 saturated carbocycles. The number of rotatable bonds is 5. The average molecular weight is 275 g/mol. The van der Waals surface area contributed by atoms with Crippen molar-refractivity contribution in [3.05, 3.63) is 30.4 Å². The molecular weight excluding hydrogens is 254 g/mol. The fourth-order valence-electron chi connectivity index (χ4n) is 2.84. The minimum Gasteiger partial charge on any atom is -0.338 e. The average Bonchev–Trinajstić information content (AvgIpc) is 3.19. The lowest BCUT2D eigenvalue weighted by atomic mass is 10.2. The van der Waals surface area contributed by atoms with E-state index in [-0.39, 0.29) is 6.04 Å². The second-order valence-corrected chi connectivity index (χ2v) is 5.37. The first-order valence-electron chi connectivity index (χ1n) is 7.34. The number of likely N-dealkylation sites (tertiary alicyclic amines) is 1. The summed E-state index contributed by atoms with van der Waals surface area (Å²) in [5, 5.41) is 4.15. The second kappa shape index (κ2) is 5.75. The van der Waals surface area contributed by atoms with Crippen LogP contribution in [0.4, 0.5) is 0 Å². The highest BCUT2D eigenvalue weighted by atomic mass is 16.5. The smallest absolute Gasteiger partial charge is 0.244 e. The van der Waals surface area contributed by atoms with Gasteiger partial charge in [0.05, 0.1) is 18.4 Å². The van der Waals surface area contributed by atoms with E-state index in [0.717, 1.165) is 37.6 Å². The summed E-state index contributed by atoms with van der Waals surface area (Å²) in [5.74, 6) is 1.49. The van der Waals surface area contributed by atoms with Crippen LogP contribution in [0.2, 0.25) is 0 Å². The van der Waals surface area contributed by atoms with E-state index < -0.39 is 0 Å². The largest absolute Gasteiger partial charge is 0.338 e. The fourth-order valence-corrected chi connectivity index (χ4v) is 2.84. The molecule has 2 atom stereocenters. The molecule has 0 aromatic carbocycles. The van der Waals surface area contributed by atoms with Crippen molar-refractivity contribution in [3.63, 3.8) is 0 Å². The maximum absolute atomic E-state index is 5.51. The zero-order valence-corrected chi connectivity index (χ0v) is 12.1. The molecular formula is C14H21N5O. The predicted octanol–water partition coefficient (Wildman–Crippen LogP) is 2.42. The Morgan fingerprint density at radius 2 is 2.40 bits per heavy atom. The van der Waals surface area contributed by atoms with Crippen LogP contribution in [0, 0.1) is 0 Å². The van der Waals surface area contributed by atoms with E-state index >= 15 is 0 Å². The van der Waals surface area contributed by atoms with Crippen LogP contribution in [0.1, 0.15) is 56.9 Å². The fraction of sp³-hybridized carbons (Fsp3) is 0.643. The van der Waals surface area contributed by atoms with Crippen LogP contribution in [0.5, 0.6) is 0 Å². The molecule has 6 heteroatoms. The molecule has 0 spiro atoms. The quantitative estimate of drug-likeness (QED) is 0.838. The van der Waals surface area contributed by atoms with Gasteiger partial charge in [0.2, 0.25) is 5.89 Å². The Morgan fingerprint density at radius 1 is 1.50 bits per heavy atom. The van der Waals surface area contributed by atoms with Gasteiger partial charge in [-0.05, 0) is 39.3 Å². The van der Waals surface area contributed by atoms with Gasteiger partial charge in [-0.2, -0.15) is 4.98 Å². The summed E-state index contributed by atoms with van der Waals surface area (Å²) < 4.78 is 7.49. The van der Waals surface area contributed by atoms with Crippen molar-refractivity contribution >= 4 is 0 Å². The lowest BCUT2D eigenvalue weighted by molar-refractivity contribution is 0.208. The second-order valence-electron chi connectivity index (χ2n) is 5.37. The third-order valence-corrected chi connectivity index (χ3v) is 3.96. The molecule has 6 nitrogen and oxygen atoms in total. The third kappa shape index (κ3) is 2.47. The minimum atomic E-state index is 0.0519. The van der Waals surface area contributed by atoms with Gasteiger partial charge in [0, 0.05) is 12.4 Å². The highest BCUT2D eigenvalue weighted by molar-refractivity contribution is 5.01. The van der Waals surface area contributed by atoms with Gasteiger partial charge in [0.15, 0.2) is 5.82 Å². The lowest BCUT2D eigenvalue weighted by Gasteiger charge is -2.20. The van der Waals surface area contributed by atoms with Crippen molar-refractivity contribution in [3.8, 4) is 0 Å². The van der Waals surface area contributed by atoms with Crippen LogP contribution in [0.3, 0.4) is 0 Å². The maximum Gasteiger partial charge on any atom is 0.244 e. The molecule has 3 rings (SSSR count). The van der Waals surface area contributed by atoms with Crippen molar-refractivity contribution in [2.24, 2.45) is 0 Å². The molecule has 3 heterocycles. The third-order valence-electron chi connectivity index (χ3n) is 3.96. The van der Waals surface area contributed by atoms with Crippen molar-refractivity contribution < 1.29 is 4.52 Å². The standard InChI is InChI=1S/C14H21N5O/c1-3-7-18-8-4-5-12(18)14-16-13(17-20-14)11(2)19-9-6-15-10-19/h6,9-12H,3-5,7-8H2,1-2H3/t11-,12-/m0/s1. The Bertz CT molecular complexity index is 536. The number of hydrogen-bond donors (Lipinski definition) is 0. The Kier molecular flexibility index (Phi) is 3.82. The number of imidazole rings is 1. The van der Waals surface area contributed by atoms with Gasteiger partial charge < -0.3 is 9.09 Å². The maximum atomic E-state index is 5.51. The van der Waals surface area contributed by atoms with Crippen LogP contribution in [0.15, 0.2) is 23.2 Å². The van der Waals surface area contributed by atoms with Gasteiger partial charge in [-0.25, -0.2) is 4.98 Å². The van der Waals surface area contributed by atoms with Crippen LogP contribution >= 0.6 is 0 Å². The van der Waals surface area contributed by atoms with Crippen molar-refractivity contribution in [1.82, 2.24) is 24.6 Å². The normalized spacial score (nSPS) is 21.4. The van der Waals surface area contributed by atoms with Crippen molar-refractivity contribution in [2.45, 2.75) is 45.2 Å². The summed E-state index contributed by atoms with van der Waals surface area (Å²) in [6.45, 7) is 6.48. The molecule has 1 aliphatic rings. The summed E-state index contributed by atoms with van der Waals surface area (Å²) >= 11 is 0. The number of aromatic nitrogens is 4. The molecule has 1 fully saturated rings. The van der Waals surface area contributed by atoms with Crippen LogP contribution in [0.25, 0.3) is 0 Å². The van der Waals surface area contributed by atoms with Gasteiger partial charge in [0.25, 0.3) is 0 Å². The van der Waals surface area contributed by atoms with E-state index in [1.807, 2.05) is 10.8 Å². The molecule has 0 amide bonds. The van der Waals surface area contributed by atoms with E-state index in [4.69, 9.17) is 4.52 Å². The molecule has 20 heavy (non-hydrogen) atoms. The number of nitrogens with zero attached hydrogens (tertiary/aromatic N) is 5.